The lowest BCUT2D eigenvalue weighted by Crippen LogP contribution is -2.02. The average molecular weight is 126 g/mol. The van der Waals surface area contributed by atoms with E-state index in [9.17, 15) is 0 Å². The summed E-state index contributed by atoms with van der Waals surface area (Å²) in [7, 11) is 0. The molecule has 1 N–H and O–H groups in total. The van der Waals surface area contributed by atoms with Crippen LogP contribution in [0.2, 0.25) is 0 Å². The van der Waals surface area contributed by atoms with Gasteiger partial charge in [0.2, 0.25) is 0 Å². The van der Waals surface area contributed by atoms with Gasteiger partial charge in [0.05, 0.1) is 0 Å². The fourth-order valence-electron chi connectivity index (χ4n) is 1.29. The molecule has 0 unspecified atom stereocenters. The van der Waals surface area contributed by atoms with Gasteiger partial charge in [-0.2, -0.15) is 0 Å². The normalized spacial score (nSPS) is 26.6. The summed E-state index contributed by atoms with van der Waals surface area (Å²) in [6.07, 6.45) is 9.24. The van der Waals surface area contributed by atoms with E-state index in [0.717, 1.165) is 6.42 Å². The van der Waals surface area contributed by atoms with Gasteiger partial charge < -0.3 is 5.11 Å². The van der Waals surface area contributed by atoms with Crippen molar-refractivity contribution in [1.82, 2.24) is 0 Å². The van der Waals surface area contributed by atoms with Gasteiger partial charge >= 0.3 is 0 Å². The van der Waals surface area contributed by atoms with Crippen LogP contribution >= 0.6 is 0 Å². The number of hydrogen-bond acceptors (Lipinski definition) is 1. The fraction of sp³-hybridized carbons (Fsp3) is 0.750. The minimum atomic E-state index is 0.342. The summed E-state index contributed by atoms with van der Waals surface area (Å²) >= 11 is 0. The molecule has 1 nitrogen and oxygen atoms in total. The first kappa shape index (κ1) is 6.81. The number of aliphatic hydroxyl groups is 1. The van der Waals surface area contributed by atoms with Gasteiger partial charge in [0.15, 0.2) is 0 Å². The van der Waals surface area contributed by atoms with Crippen molar-refractivity contribution in [3.8, 4) is 0 Å². The molecule has 0 bridgehead atoms. The molecular weight excluding hydrogens is 112 g/mol. The van der Waals surface area contributed by atoms with E-state index < -0.39 is 0 Å². The maximum Gasteiger partial charge on any atom is 0.0436 e. The standard InChI is InChI=1S/C8H14O/c9-7-6-8-4-2-1-3-5-8/h2,4,8-9H,1,3,5-7H2/t8-/m0/s1. The van der Waals surface area contributed by atoms with Crippen LogP contribution in [-0.4, -0.2) is 11.7 Å². The van der Waals surface area contributed by atoms with Gasteiger partial charge in [-0.25, -0.2) is 0 Å². The first-order valence-electron chi connectivity index (χ1n) is 3.71. The molecule has 1 heteroatoms. The Labute approximate surface area is 56.4 Å². The summed E-state index contributed by atoms with van der Waals surface area (Å²) in [5.74, 6) is 0.670. The molecule has 1 aliphatic carbocycles. The predicted octanol–water partition coefficient (Wildman–Crippen LogP) is 1.73. The van der Waals surface area contributed by atoms with Crippen LogP contribution in [0, 0.1) is 5.92 Å². The van der Waals surface area contributed by atoms with Crippen LogP contribution in [-0.2, 0) is 0 Å². The summed E-state index contributed by atoms with van der Waals surface area (Å²) in [5, 5.41) is 8.58. The summed E-state index contributed by atoms with van der Waals surface area (Å²) in [6.45, 7) is 0.342. The molecule has 0 saturated carbocycles. The molecule has 0 heterocycles. The number of allylic oxidation sites excluding steroid dienone is 2. The lowest BCUT2D eigenvalue weighted by Gasteiger charge is -2.13. The second kappa shape index (κ2) is 3.67. The molecule has 0 radical (unpaired) electrons. The van der Waals surface area contributed by atoms with Crippen molar-refractivity contribution in [2.45, 2.75) is 25.7 Å². The Kier molecular flexibility index (Phi) is 2.78. The van der Waals surface area contributed by atoms with E-state index in [-0.39, 0.29) is 0 Å². The SMILES string of the molecule is OCC[C@H]1C=CCCC1. The summed E-state index contributed by atoms with van der Waals surface area (Å²) in [5.41, 5.74) is 0. The minimum absolute atomic E-state index is 0.342. The van der Waals surface area contributed by atoms with E-state index in [1.54, 1.807) is 0 Å². The third kappa shape index (κ3) is 2.19. The highest BCUT2D eigenvalue weighted by Gasteiger charge is 2.05. The zero-order chi connectivity index (χ0) is 6.53. The van der Waals surface area contributed by atoms with E-state index in [0.29, 0.717) is 12.5 Å². The second-order valence-electron chi connectivity index (χ2n) is 2.63. The van der Waals surface area contributed by atoms with Gasteiger partial charge in [0.25, 0.3) is 0 Å². The topological polar surface area (TPSA) is 20.2 Å². The van der Waals surface area contributed by atoms with Crippen LogP contribution in [0.1, 0.15) is 25.7 Å². The van der Waals surface area contributed by atoms with Gasteiger partial charge in [0, 0.05) is 6.61 Å². The second-order valence-corrected chi connectivity index (χ2v) is 2.63. The van der Waals surface area contributed by atoms with Crippen molar-refractivity contribution in [3.05, 3.63) is 12.2 Å². The number of aliphatic hydroxyl groups excluding tert-OH is 1. The van der Waals surface area contributed by atoms with Crippen LogP contribution in [0.4, 0.5) is 0 Å². The third-order valence-corrected chi connectivity index (χ3v) is 1.85. The Bertz CT molecular complexity index is 96.7. The van der Waals surface area contributed by atoms with Crippen molar-refractivity contribution >= 4 is 0 Å². The molecular formula is C8H14O. The maximum absolute atomic E-state index is 8.58. The Morgan fingerprint density at radius 1 is 1.56 bits per heavy atom. The average Bonchev–Trinajstić information content (AvgIpc) is 1.91. The molecule has 0 saturated heterocycles. The molecule has 9 heavy (non-hydrogen) atoms. The molecule has 0 aromatic heterocycles. The zero-order valence-corrected chi connectivity index (χ0v) is 5.71. The van der Waals surface area contributed by atoms with Gasteiger partial charge in [0.1, 0.15) is 0 Å². The van der Waals surface area contributed by atoms with Crippen molar-refractivity contribution < 1.29 is 5.11 Å². The molecule has 0 fully saturated rings. The summed E-state index contributed by atoms with van der Waals surface area (Å²) < 4.78 is 0. The molecule has 0 spiro atoms. The summed E-state index contributed by atoms with van der Waals surface area (Å²) in [6, 6.07) is 0. The molecule has 0 aromatic rings. The smallest absolute Gasteiger partial charge is 0.0436 e. The van der Waals surface area contributed by atoms with Crippen LogP contribution in [0.5, 0.6) is 0 Å². The number of hydrogen-bond donors (Lipinski definition) is 1. The van der Waals surface area contributed by atoms with Crippen molar-refractivity contribution in [2.24, 2.45) is 5.92 Å². The summed E-state index contributed by atoms with van der Waals surface area (Å²) in [4.78, 5) is 0. The molecule has 1 rings (SSSR count). The zero-order valence-electron chi connectivity index (χ0n) is 5.71. The van der Waals surface area contributed by atoms with E-state index >= 15 is 0 Å². The first-order valence-corrected chi connectivity index (χ1v) is 3.71. The van der Waals surface area contributed by atoms with Crippen molar-refractivity contribution in [3.63, 3.8) is 0 Å². The lowest BCUT2D eigenvalue weighted by molar-refractivity contribution is 0.264. The minimum Gasteiger partial charge on any atom is -0.396 e. The molecule has 0 aliphatic heterocycles. The molecule has 0 aromatic carbocycles. The van der Waals surface area contributed by atoms with Crippen LogP contribution in [0.15, 0.2) is 12.2 Å². The van der Waals surface area contributed by atoms with Gasteiger partial charge in [-0.3, -0.25) is 0 Å². The largest absolute Gasteiger partial charge is 0.396 e. The molecule has 52 valence electrons. The van der Waals surface area contributed by atoms with E-state index in [1.165, 1.54) is 19.3 Å². The van der Waals surface area contributed by atoms with E-state index in [1.807, 2.05) is 0 Å². The molecule has 0 amide bonds. The highest BCUT2D eigenvalue weighted by Crippen LogP contribution is 2.19. The van der Waals surface area contributed by atoms with E-state index in [4.69, 9.17) is 5.11 Å². The van der Waals surface area contributed by atoms with Crippen molar-refractivity contribution in [2.75, 3.05) is 6.61 Å². The van der Waals surface area contributed by atoms with Crippen LogP contribution < -0.4 is 0 Å². The third-order valence-electron chi connectivity index (χ3n) is 1.85. The Hall–Kier alpha value is -0.300. The maximum atomic E-state index is 8.58. The van der Waals surface area contributed by atoms with Gasteiger partial charge in [-0.15, -0.1) is 0 Å². The quantitative estimate of drug-likeness (QED) is 0.558. The predicted molar refractivity (Wildman–Crippen MR) is 38.2 cm³/mol. The van der Waals surface area contributed by atoms with E-state index in [2.05, 4.69) is 12.2 Å². The highest BCUT2D eigenvalue weighted by molar-refractivity contribution is 4.92. The van der Waals surface area contributed by atoms with Crippen LogP contribution in [0.3, 0.4) is 0 Å². The molecule has 1 atom stereocenters. The Balaban J connectivity index is 2.23. The molecule has 1 aliphatic rings. The Morgan fingerprint density at radius 3 is 3.00 bits per heavy atom. The van der Waals surface area contributed by atoms with Crippen LogP contribution in [0.25, 0.3) is 0 Å². The van der Waals surface area contributed by atoms with Gasteiger partial charge in [-0.1, -0.05) is 12.2 Å². The van der Waals surface area contributed by atoms with Crippen molar-refractivity contribution in [1.29, 1.82) is 0 Å². The highest BCUT2D eigenvalue weighted by atomic mass is 16.3. The van der Waals surface area contributed by atoms with Gasteiger partial charge in [-0.05, 0) is 31.6 Å². The monoisotopic (exact) mass is 126 g/mol. The lowest BCUT2D eigenvalue weighted by atomic mass is 9.94. The first-order chi connectivity index (χ1) is 4.43. The fourth-order valence-corrected chi connectivity index (χ4v) is 1.29. The number of rotatable bonds is 2. The Morgan fingerprint density at radius 2 is 2.44 bits per heavy atom.